The molecule has 100 valence electrons. The zero-order valence-electron chi connectivity index (χ0n) is 11.1. The lowest BCUT2D eigenvalue weighted by Crippen LogP contribution is -2.24. The highest BCUT2D eigenvalue weighted by Crippen LogP contribution is 2.22. The number of anilines is 1. The van der Waals surface area contributed by atoms with Crippen LogP contribution in [0.5, 0.6) is 0 Å². The Morgan fingerprint density at radius 1 is 1.39 bits per heavy atom. The van der Waals surface area contributed by atoms with Crippen LogP contribution in [0.1, 0.15) is 31.7 Å². The van der Waals surface area contributed by atoms with E-state index < -0.39 is 0 Å². The van der Waals surface area contributed by atoms with E-state index in [4.69, 9.17) is 9.84 Å². The summed E-state index contributed by atoms with van der Waals surface area (Å²) in [6.07, 6.45) is 3.55. The molecule has 3 nitrogen and oxygen atoms in total. The minimum atomic E-state index is 0.101. The normalized spacial score (nSPS) is 18.6. The maximum Gasteiger partial charge on any atom is 0.0682 e. The summed E-state index contributed by atoms with van der Waals surface area (Å²) in [6, 6.07) is 8.45. The Morgan fingerprint density at radius 3 is 2.89 bits per heavy atom. The van der Waals surface area contributed by atoms with Crippen molar-refractivity contribution in [3.63, 3.8) is 0 Å². The second-order valence-electron chi connectivity index (χ2n) is 5.20. The number of hydrogen-bond donors (Lipinski definition) is 2. The molecule has 0 amide bonds. The third kappa shape index (κ3) is 4.00. The molecule has 1 saturated heterocycles. The molecule has 3 heteroatoms. The first-order valence-corrected chi connectivity index (χ1v) is 6.82. The molecule has 1 aliphatic rings. The molecule has 1 unspecified atom stereocenters. The van der Waals surface area contributed by atoms with Crippen LogP contribution in [-0.2, 0) is 11.3 Å². The molecular weight excluding hydrogens is 226 g/mol. The molecule has 18 heavy (non-hydrogen) atoms. The van der Waals surface area contributed by atoms with E-state index in [1.165, 1.54) is 19.3 Å². The van der Waals surface area contributed by atoms with Gasteiger partial charge < -0.3 is 15.2 Å². The molecule has 0 saturated carbocycles. The average molecular weight is 249 g/mol. The maximum atomic E-state index is 9.12. The minimum absolute atomic E-state index is 0.101. The predicted molar refractivity (Wildman–Crippen MR) is 73.6 cm³/mol. The first-order chi connectivity index (χ1) is 8.78. The molecule has 0 bridgehead atoms. The van der Waals surface area contributed by atoms with E-state index in [-0.39, 0.29) is 6.61 Å². The van der Waals surface area contributed by atoms with Gasteiger partial charge in [0, 0.05) is 24.9 Å². The van der Waals surface area contributed by atoms with Crippen molar-refractivity contribution in [2.75, 3.05) is 18.5 Å². The van der Waals surface area contributed by atoms with Crippen LogP contribution in [0.3, 0.4) is 0 Å². The van der Waals surface area contributed by atoms with Gasteiger partial charge in [0.1, 0.15) is 0 Å². The fourth-order valence-corrected chi connectivity index (χ4v) is 2.59. The predicted octanol–water partition coefficient (Wildman–Crippen LogP) is 2.80. The summed E-state index contributed by atoms with van der Waals surface area (Å²) in [5, 5.41) is 12.6. The van der Waals surface area contributed by atoms with E-state index in [0.29, 0.717) is 6.04 Å². The van der Waals surface area contributed by atoms with Crippen molar-refractivity contribution in [2.24, 2.45) is 5.92 Å². The van der Waals surface area contributed by atoms with Gasteiger partial charge in [-0.05, 0) is 49.8 Å². The fourth-order valence-electron chi connectivity index (χ4n) is 2.59. The van der Waals surface area contributed by atoms with Gasteiger partial charge in [0.15, 0.2) is 0 Å². The number of ether oxygens (including phenoxy) is 1. The number of hydrogen-bond acceptors (Lipinski definition) is 3. The van der Waals surface area contributed by atoms with Crippen LogP contribution in [0, 0.1) is 5.92 Å². The van der Waals surface area contributed by atoms with Crippen LogP contribution >= 0.6 is 0 Å². The first kappa shape index (κ1) is 13.4. The Hall–Kier alpha value is -1.06. The van der Waals surface area contributed by atoms with Crippen molar-refractivity contribution in [2.45, 2.75) is 38.8 Å². The SMILES string of the molecule is CC(CC1CCOCC1)Nc1cccc(CO)c1. The standard InChI is InChI=1S/C15H23NO2/c1-12(9-13-5-7-18-8-6-13)16-15-4-2-3-14(10-15)11-17/h2-4,10,12-13,16-17H,5-9,11H2,1H3. The molecule has 0 aliphatic carbocycles. The van der Waals surface area contributed by atoms with Gasteiger partial charge in [-0.3, -0.25) is 0 Å². The Bertz CT molecular complexity index is 361. The van der Waals surface area contributed by atoms with Gasteiger partial charge >= 0.3 is 0 Å². The van der Waals surface area contributed by atoms with Crippen molar-refractivity contribution >= 4 is 5.69 Å². The Labute approximate surface area is 109 Å². The second kappa shape index (κ2) is 6.76. The van der Waals surface area contributed by atoms with Crippen LogP contribution in [0.2, 0.25) is 0 Å². The second-order valence-corrected chi connectivity index (χ2v) is 5.20. The summed E-state index contributed by atoms with van der Waals surface area (Å²) < 4.78 is 5.38. The molecule has 0 spiro atoms. The van der Waals surface area contributed by atoms with Crippen molar-refractivity contribution in [1.29, 1.82) is 0 Å². The Balaban J connectivity index is 1.83. The molecule has 2 rings (SSSR count). The zero-order chi connectivity index (χ0) is 12.8. The average Bonchev–Trinajstić information content (AvgIpc) is 2.40. The van der Waals surface area contributed by atoms with E-state index in [1.807, 2.05) is 18.2 Å². The molecule has 2 N–H and O–H groups in total. The highest BCUT2D eigenvalue weighted by Gasteiger charge is 2.16. The number of aliphatic hydroxyl groups is 1. The van der Waals surface area contributed by atoms with Gasteiger partial charge in [0.2, 0.25) is 0 Å². The number of benzene rings is 1. The van der Waals surface area contributed by atoms with Crippen LogP contribution in [0.15, 0.2) is 24.3 Å². The maximum absolute atomic E-state index is 9.12. The largest absolute Gasteiger partial charge is 0.392 e. The van der Waals surface area contributed by atoms with E-state index in [9.17, 15) is 0 Å². The van der Waals surface area contributed by atoms with Gasteiger partial charge in [0.25, 0.3) is 0 Å². The molecular formula is C15H23NO2. The highest BCUT2D eigenvalue weighted by atomic mass is 16.5. The Morgan fingerprint density at radius 2 is 2.17 bits per heavy atom. The monoisotopic (exact) mass is 249 g/mol. The summed E-state index contributed by atoms with van der Waals surface area (Å²) in [7, 11) is 0. The summed E-state index contributed by atoms with van der Waals surface area (Å²) in [6.45, 7) is 4.15. The van der Waals surface area contributed by atoms with Crippen molar-refractivity contribution in [1.82, 2.24) is 0 Å². The van der Waals surface area contributed by atoms with Crippen molar-refractivity contribution < 1.29 is 9.84 Å². The van der Waals surface area contributed by atoms with Gasteiger partial charge in [-0.15, -0.1) is 0 Å². The first-order valence-electron chi connectivity index (χ1n) is 6.82. The van der Waals surface area contributed by atoms with Gasteiger partial charge in [-0.1, -0.05) is 12.1 Å². The molecule has 0 aromatic heterocycles. The lowest BCUT2D eigenvalue weighted by molar-refractivity contribution is 0.0629. The van der Waals surface area contributed by atoms with Gasteiger partial charge in [0.05, 0.1) is 6.61 Å². The number of aliphatic hydroxyl groups excluding tert-OH is 1. The molecule has 1 aliphatic heterocycles. The van der Waals surface area contributed by atoms with Crippen LogP contribution in [0.4, 0.5) is 5.69 Å². The summed E-state index contributed by atoms with van der Waals surface area (Å²) in [4.78, 5) is 0. The van der Waals surface area contributed by atoms with E-state index in [0.717, 1.165) is 30.4 Å². The minimum Gasteiger partial charge on any atom is -0.392 e. The third-order valence-electron chi connectivity index (χ3n) is 3.55. The lowest BCUT2D eigenvalue weighted by atomic mass is 9.93. The van der Waals surface area contributed by atoms with E-state index in [2.05, 4.69) is 18.3 Å². The summed E-state index contributed by atoms with van der Waals surface area (Å²) >= 11 is 0. The quantitative estimate of drug-likeness (QED) is 0.843. The van der Waals surface area contributed by atoms with Crippen molar-refractivity contribution in [3.8, 4) is 0 Å². The van der Waals surface area contributed by atoms with Crippen molar-refractivity contribution in [3.05, 3.63) is 29.8 Å². The molecule has 1 aromatic rings. The van der Waals surface area contributed by atoms with Gasteiger partial charge in [-0.2, -0.15) is 0 Å². The van der Waals surface area contributed by atoms with Crippen LogP contribution in [0.25, 0.3) is 0 Å². The summed E-state index contributed by atoms with van der Waals surface area (Å²) in [5.74, 6) is 0.780. The van der Waals surface area contributed by atoms with Crippen LogP contribution < -0.4 is 5.32 Å². The topological polar surface area (TPSA) is 41.5 Å². The molecule has 1 aromatic carbocycles. The van der Waals surface area contributed by atoms with Crippen LogP contribution in [-0.4, -0.2) is 24.4 Å². The molecule has 1 heterocycles. The summed E-state index contributed by atoms with van der Waals surface area (Å²) in [5.41, 5.74) is 2.05. The fraction of sp³-hybridized carbons (Fsp3) is 0.600. The Kier molecular flexibility index (Phi) is 5.02. The van der Waals surface area contributed by atoms with Gasteiger partial charge in [-0.25, -0.2) is 0 Å². The van der Waals surface area contributed by atoms with E-state index >= 15 is 0 Å². The zero-order valence-corrected chi connectivity index (χ0v) is 11.1. The molecule has 0 radical (unpaired) electrons. The molecule has 1 fully saturated rings. The number of rotatable bonds is 5. The highest BCUT2D eigenvalue weighted by molar-refractivity contribution is 5.46. The lowest BCUT2D eigenvalue weighted by Gasteiger charge is -2.26. The van der Waals surface area contributed by atoms with E-state index in [1.54, 1.807) is 0 Å². The smallest absolute Gasteiger partial charge is 0.0682 e. The molecule has 1 atom stereocenters. The third-order valence-corrected chi connectivity index (χ3v) is 3.55. The number of nitrogens with one attached hydrogen (secondary N) is 1.